The summed E-state index contributed by atoms with van der Waals surface area (Å²) in [5.41, 5.74) is 1.26. The van der Waals surface area contributed by atoms with E-state index < -0.39 is 10.2 Å². The molecule has 1 aromatic rings. The number of para-hydroxylation sites is 1. The van der Waals surface area contributed by atoms with E-state index in [1.54, 1.807) is 7.05 Å². The van der Waals surface area contributed by atoms with E-state index in [1.807, 2.05) is 19.9 Å². The summed E-state index contributed by atoms with van der Waals surface area (Å²) in [7, 11) is -1.77. The molecule has 0 aliphatic carbocycles. The third kappa shape index (κ3) is 5.17. The van der Waals surface area contributed by atoms with Crippen LogP contribution in [0.3, 0.4) is 0 Å². The van der Waals surface area contributed by atoms with Crippen LogP contribution in [0.15, 0.2) is 30.3 Å². The summed E-state index contributed by atoms with van der Waals surface area (Å²) < 4.78 is 28.1. The van der Waals surface area contributed by atoms with Gasteiger partial charge in [0.05, 0.1) is 0 Å². The van der Waals surface area contributed by atoms with Crippen LogP contribution < -0.4 is 9.62 Å². The Labute approximate surface area is 140 Å². The summed E-state index contributed by atoms with van der Waals surface area (Å²) in [4.78, 5) is 4.67. The monoisotopic (exact) mass is 340 g/mol. The highest BCUT2D eigenvalue weighted by Gasteiger charge is 2.21. The predicted octanol–water partition coefficient (Wildman–Crippen LogP) is 0.983. The molecule has 1 aliphatic rings. The Hall–Kier alpha value is -1.15. The molecule has 6 nitrogen and oxygen atoms in total. The van der Waals surface area contributed by atoms with Crippen LogP contribution in [-0.2, 0) is 10.2 Å². The molecule has 1 saturated heterocycles. The zero-order chi connectivity index (χ0) is 16.9. The van der Waals surface area contributed by atoms with Gasteiger partial charge in [-0.3, -0.25) is 4.90 Å². The number of nitrogens with one attached hydrogen (secondary N) is 1. The SMILES string of the molecule is CC(C)N(C)S(=O)(=O)NCCN1CCN(c2ccccc2)CC1. The maximum absolute atomic E-state index is 12.0. The molecule has 1 fully saturated rings. The summed E-state index contributed by atoms with van der Waals surface area (Å²) in [6, 6.07) is 10.4. The van der Waals surface area contributed by atoms with Gasteiger partial charge >= 0.3 is 0 Å². The number of piperazine rings is 1. The minimum Gasteiger partial charge on any atom is -0.369 e. The number of nitrogens with zero attached hydrogens (tertiary/aromatic N) is 3. The van der Waals surface area contributed by atoms with E-state index in [-0.39, 0.29) is 6.04 Å². The summed E-state index contributed by atoms with van der Waals surface area (Å²) in [6.07, 6.45) is 0. The van der Waals surface area contributed by atoms with Crippen LogP contribution in [0.25, 0.3) is 0 Å². The first-order valence-electron chi connectivity index (χ1n) is 8.15. The molecule has 130 valence electrons. The van der Waals surface area contributed by atoms with Gasteiger partial charge in [-0.05, 0) is 26.0 Å². The molecule has 0 unspecified atom stereocenters. The lowest BCUT2D eigenvalue weighted by molar-refractivity contribution is 0.261. The molecular formula is C16H28N4O2S. The normalized spacial score (nSPS) is 17.2. The molecular weight excluding hydrogens is 312 g/mol. The Kier molecular flexibility index (Phi) is 6.41. The average Bonchev–Trinajstić information content (AvgIpc) is 2.55. The van der Waals surface area contributed by atoms with Gasteiger partial charge < -0.3 is 4.90 Å². The van der Waals surface area contributed by atoms with Crippen molar-refractivity contribution in [2.45, 2.75) is 19.9 Å². The van der Waals surface area contributed by atoms with Crippen molar-refractivity contribution in [3.8, 4) is 0 Å². The first-order chi connectivity index (χ1) is 10.9. The van der Waals surface area contributed by atoms with Crippen LogP contribution in [0.4, 0.5) is 5.69 Å². The van der Waals surface area contributed by atoms with Crippen LogP contribution in [0.1, 0.15) is 13.8 Å². The minimum absolute atomic E-state index is 0.0399. The van der Waals surface area contributed by atoms with Crippen molar-refractivity contribution in [3.63, 3.8) is 0 Å². The smallest absolute Gasteiger partial charge is 0.279 e. The molecule has 0 radical (unpaired) electrons. The van der Waals surface area contributed by atoms with Gasteiger partial charge in [0.1, 0.15) is 0 Å². The van der Waals surface area contributed by atoms with Gasteiger partial charge in [0.2, 0.25) is 0 Å². The van der Waals surface area contributed by atoms with Crippen LogP contribution in [-0.4, -0.2) is 70.0 Å². The largest absolute Gasteiger partial charge is 0.369 e. The van der Waals surface area contributed by atoms with Crippen molar-refractivity contribution in [3.05, 3.63) is 30.3 Å². The molecule has 0 saturated carbocycles. The molecule has 23 heavy (non-hydrogen) atoms. The van der Waals surface area contributed by atoms with Crippen LogP contribution in [0.5, 0.6) is 0 Å². The molecule has 7 heteroatoms. The van der Waals surface area contributed by atoms with Crippen molar-refractivity contribution in [1.29, 1.82) is 0 Å². The molecule has 1 aromatic carbocycles. The molecule has 0 amide bonds. The predicted molar refractivity (Wildman–Crippen MR) is 94.9 cm³/mol. The Morgan fingerprint density at radius 1 is 1.13 bits per heavy atom. The van der Waals surface area contributed by atoms with Crippen molar-refractivity contribution >= 4 is 15.9 Å². The van der Waals surface area contributed by atoms with E-state index in [0.717, 1.165) is 32.7 Å². The second-order valence-corrected chi connectivity index (χ2v) is 7.99. The topological polar surface area (TPSA) is 55.9 Å². The maximum Gasteiger partial charge on any atom is 0.279 e. The Morgan fingerprint density at radius 2 is 1.74 bits per heavy atom. The van der Waals surface area contributed by atoms with E-state index in [9.17, 15) is 8.42 Å². The third-order valence-electron chi connectivity index (χ3n) is 4.31. The molecule has 1 heterocycles. The lowest BCUT2D eigenvalue weighted by Gasteiger charge is -2.36. The van der Waals surface area contributed by atoms with E-state index in [4.69, 9.17) is 0 Å². The zero-order valence-electron chi connectivity index (χ0n) is 14.3. The van der Waals surface area contributed by atoms with Crippen LogP contribution in [0.2, 0.25) is 0 Å². The molecule has 2 rings (SSSR count). The van der Waals surface area contributed by atoms with Gasteiger partial charge in [0.25, 0.3) is 10.2 Å². The molecule has 0 atom stereocenters. The quantitative estimate of drug-likeness (QED) is 0.804. The number of anilines is 1. The van der Waals surface area contributed by atoms with Crippen molar-refractivity contribution < 1.29 is 8.42 Å². The first kappa shape index (κ1) is 18.2. The molecule has 0 spiro atoms. The van der Waals surface area contributed by atoms with Gasteiger partial charge in [-0.25, -0.2) is 4.72 Å². The summed E-state index contributed by atoms with van der Waals surface area (Å²) in [6.45, 7) is 8.78. The minimum atomic E-state index is -3.37. The second-order valence-electron chi connectivity index (χ2n) is 6.17. The Balaban J connectivity index is 1.73. The van der Waals surface area contributed by atoms with E-state index in [0.29, 0.717) is 6.54 Å². The lowest BCUT2D eigenvalue weighted by Crippen LogP contribution is -2.49. The summed E-state index contributed by atoms with van der Waals surface area (Å²) in [5, 5.41) is 0. The van der Waals surface area contributed by atoms with Gasteiger partial charge in [-0.15, -0.1) is 0 Å². The molecule has 0 aromatic heterocycles. The summed E-state index contributed by atoms with van der Waals surface area (Å²) in [5.74, 6) is 0. The summed E-state index contributed by atoms with van der Waals surface area (Å²) >= 11 is 0. The number of hydrogen-bond acceptors (Lipinski definition) is 4. The van der Waals surface area contributed by atoms with E-state index >= 15 is 0 Å². The average molecular weight is 340 g/mol. The van der Waals surface area contributed by atoms with Crippen molar-refractivity contribution in [2.75, 3.05) is 51.2 Å². The van der Waals surface area contributed by atoms with Gasteiger partial charge in [-0.1, -0.05) is 18.2 Å². The van der Waals surface area contributed by atoms with E-state index in [2.05, 4.69) is 38.8 Å². The standard InChI is InChI=1S/C16H28N4O2S/c1-15(2)18(3)23(21,22)17-9-10-19-11-13-20(14-12-19)16-7-5-4-6-8-16/h4-8,15,17H,9-14H2,1-3H3. The van der Waals surface area contributed by atoms with Gasteiger partial charge in [0.15, 0.2) is 0 Å². The fraction of sp³-hybridized carbons (Fsp3) is 0.625. The van der Waals surface area contributed by atoms with Gasteiger partial charge in [0, 0.05) is 58.0 Å². The highest BCUT2D eigenvalue weighted by molar-refractivity contribution is 7.87. The van der Waals surface area contributed by atoms with Crippen LogP contribution >= 0.6 is 0 Å². The second kappa shape index (κ2) is 8.10. The Bertz CT molecular complexity index is 569. The fourth-order valence-corrected chi connectivity index (χ4v) is 3.69. The number of hydrogen-bond donors (Lipinski definition) is 1. The first-order valence-corrected chi connectivity index (χ1v) is 9.59. The number of rotatable bonds is 7. The fourth-order valence-electron chi connectivity index (χ4n) is 2.58. The molecule has 0 bridgehead atoms. The van der Waals surface area contributed by atoms with Gasteiger partial charge in [-0.2, -0.15) is 12.7 Å². The number of benzene rings is 1. The third-order valence-corrected chi connectivity index (χ3v) is 6.06. The molecule has 1 aliphatic heterocycles. The Morgan fingerprint density at radius 3 is 2.30 bits per heavy atom. The molecule has 1 N–H and O–H groups in total. The highest BCUT2D eigenvalue weighted by Crippen LogP contribution is 2.15. The van der Waals surface area contributed by atoms with Crippen LogP contribution in [0, 0.1) is 0 Å². The lowest BCUT2D eigenvalue weighted by atomic mass is 10.2. The van der Waals surface area contributed by atoms with Crippen molar-refractivity contribution in [2.24, 2.45) is 0 Å². The zero-order valence-corrected chi connectivity index (χ0v) is 15.1. The maximum atomic E-state index is 12.0. The van der Waals surface area contributed by atoms with E-state index in [1.165, 1.54) is 9.99 Å². The highest BCUT2D eigenvalue weighted by atomic mass is 32.2. The van der Waals surface area contributed by atoms with Crippen molar-refractivity contribution in [1.82, 2.24) is 13.9 Å².